The number of halogens is 1. The second-order valence-corrected chi connectivity index (χ2v) is 9.75. The van der Waals surface area contributed by atoms with Crippen molar-refractivity contribution in [2.45, 2.75) is 58.2 Å². The highest BCUT2D eigenvalue weighted by molar-refractivity contribution is 5.98. The number of ether oxygens (including phenoxy) is 3. The average Bonchev–Trinajstić information content (AvgIpc) is 3.63. The predicted octanol–water partition coefficient (Wildman–Crippen LogP) is 4.18. The molecule has 11 heteroatoms. The highest BCUT2D eigenvalue weighted by Gasteiger charge is 2.37. The highest BCUT2D eigenvalue weighted by atomic mass is 19.1. The van der Waals surface area contributed by atoms with E-state index in [1.165, 1.54) is 14.2 Å². The molecule has 1 aliphatic rings. The number of benzene rings is 1. The minimum absolute atomic E-state index is 0.0528. The molecule has 1 aromatic carbocycles. The van der Waals surface area contributed by atoms with Crippen LogP contribution in [0.15, 0.2) is 24.3 Å². The summed E-state index contributed by atoms with van der Waals surface area (Å²) in [5.74, 6) is -0.399. The normalized spacial score (nSPS) is 14.9. The number of methoxy groups -OCH3 is 2. The van der Waals surface area contributed by atoms with Crippen molar-refractivity contribution in [1.82, 2.24) is 10.3 Å². The molecule has 36 heavy (non-hydrogen) atoms. The molecule has 3 rings (SSSR count). The molecule has 0 spiro atoms. The van der Waals surface area contributed by atoms with Gasteiger partial charge in [-0.15, -0.1) is 0 Å². The standard InChI is InChI=1S/C25H34FN5O5/c1-13(20(14-7-8-14)30-24(33)36-25(2,3)4)28-23-19(26)12-18(21(27)32)22(31-23)29-15-9-16(34-5)11-17(10-15)35-6/h9-14,20H,7-8H2,1-6H3,(H2,27,32)(H,30,33)(H2,28,29,31)/t13-,20-/m1/s1. The van der Waals surface area contributed by atoms with Crippen molar-refractivity contribution in [3.05, 3.63) is 35.6 Å². The van der Waals surface area contributed by atoms with Crippen molar-refractivity contribution >= 4 is 29.3 Å². The molecule has 0 saturated heterocycles. The van der Waals surface area contributed by atoms with Crippen LogP contribution in [-0.4, -0.2) is 48.9 Å². The number of nitrogens with zero attached hydrogens (tertiary/aromatic N) is 1. The molecule has 196 valence electrons. The lowest BCUT2D eigenvalue weighted by Crippen LogP contribution is -2.48. The Morgan fingerprint density at radius 1 is 1.08 bits per heavy atom. The molecular weight excluding hydrogens is 469 g/mol. The number of carbonyl (C=O) groups is 2. The van der Waals surface area contributed by atoms with E-state index in [1.807, 2.05) is 6.92 Å². The lowest BCUT2D eigenvalue weighted by Gasteiger charge is -2.28. The molecule has 1 saturated carbocycles. The van der Waals surface area contributed by atoms with Gasteiger partial charge < -0.3 is 35.9 Å². The molecule has 0 unspecified atom stereocenters. The third kappa shape index (κ3) is 7.12. The highest BCUT2D eigenvalue weighted by Crippen LogP contribution is 2.35. The molecule has 5 N–H and O–H groups in total. The summed E-state index contributed by atoms with van der Waals surface area (Å²) in [7, 11) is 3.02. The molecule has 1 heterocycles. The van der Waals surface area contributed by atoms with Crippen molar-refractivity contribution in [3.8, 4) is 11.5 Å². The van der Waals surface area contributed by atoms with Crippen molar-refractivity contribution in [3.63, 3.8) is 0 Å². The van der Waals surface area contributed by atoms with Gasteiger partial charge in [0.25, 0.3) is 5.91 Å². The smallest absolute Gasteiger partial charge is 0.407 e. The maximum absolute atomic E-state index is 15.0. The third-order valence-electron chi connectivity index (χ3n) is 5.57. The van der Waals surface area contributed by atoms with Crippen LogP contribution in [0.4, 0.5) is 26.5 Å². The monoisotopic (exact) mass is 503 g/mol. The fourth-order valence-electron chi connectivity index (χ4n) is 3.75. The van der Waals surface area contributed by atoms with Gasteiger partial charge in [-0.3, -0.25) is 4.79 Å². The van der Waals surface area contributed by atoms with Crippen LogP contribution in [0, 0.1) is 11.7 Å². The van der Waals surface area contributed by atoms with E-state index >= 15 is 0 Å². The van der Waals surface area contributed by atoms with Crippen LogP contribution < -0.4 is 31.2 Å². The van der Waals surface area contributed by atoms with Gasteiger partial charge in [0.1, 0.15) is 22.9 Å². The number of carbonyl (C=O) groups excluding carboxylic acids is 2. The van der Waals surface area contributed by atoms with Crippen LogP contribution >= 0.6 is 0 Å². The van der Waals surface area contributed by atoms with E-state index in [0.717, 1.165) is 18.9 Å². The molecule has 0 bridgehead atoms. The zero-order valence-corrected chi connectivity index (χ0v) is 21.4. The molecule has 0 radical (unpaired) electrons. The minimum atomic E-state index is -0.846. The SMILES string of the molecule is COc1cc(Nc2nc(N[C@H](C)[C@@H](NC(=O)OC(C)(C)C)C3CC3)c(F)cc2C(N)=O)cc(OC)c1. The van der Waals surface area contributed by atoms with Gasteiger partial charge in [0.05, 0.1) is 25.8 Å². The quantitative estimate of drug-likeness (QED) is 0.379. The van der Waals surface area contributed by atoms with E-state index < -0.39 is 29.5 Å². The Morgan fingerprint density at radius 3 is 2.19 bits per heavy atom. The van der Waals surface area contributed by atoms with Gasteiger partial charge in [-0.2, -0.15) is 0 Å². The number of aromatic nitrogens is 1. The van der Waals surface area contributed by atoms with Crippen LogP contribution in [0.5, 0.6) is 11.5 Å². The Bertz CT molecular complexity index is 1090. The van der Waals surface area contributed by atoms with Crippen LogP contribution in [0.1, 0.15) is 50.9 Å². The number of nitrogens with one attached hydrogen (secondary N) is 3. The predicted molar refractivity (Wildman–Crippen MR) is 135 cm³/mol. The van der Waals surface area contributed by atoms with Crippen LogP contribution in [-0.2, 0) is 4.74 Å². The Labute approximate surface area is 210 Å². The van der Waals surface area contributed by atoms with Crippen LogP contribution in [0.3, 0.4) is 0 Å². The topological polar surface area (TPSA) is 137 Å². The second kappa shape index (κ2) is 10.9. The molecule has 2 amide bonds. The number of alkyl carbamates (subject to hydrolysis) is 1. The zero-order valence-electron chi connectivity index (χ0n) is 21.4. The molecule has 10 nitrogen and oxygen atoms in total. The summed E-state index contributed by atoms with van der Waals surface area (Å²) in [5, 5.41) is 8.93. The Hall–Kier alpha value is -3.76. The fourth-order valence-corrected chi connectivity index (χ4v) is 3.75. The maximum atomic E-state index is 15.0. The number of hydrogen-bond acceptors (Lipinski definition) is 8. The Morgan fingerprint density at radius 2 is 1.69 bits per heavy atom. The van der Waals surface area contributed by atoms with Gasteiger partial charge in [0.2, 0.25) is 0 Å². The van der Waals surface area contributed by atoms with E-state index in [0.29, 0.717) is 17.2 Å². The molecule has 1 fully saturated rings. The van der Waals surface area contributed by atoms with Crippen molar-refractivity contribution in [1.29, 1.82) is 0 Å². The van der Waals surface area contributed by atoms with Gasteiger partial charge in [-0.05, 0) is 52.5 Å². The number of pyridine rings is 1. The van der Waals surface area contributed by atoms with Crippen LogP contribution in [0.2, 0.25) is 0 Å². The minimum Gasteiger partial charge on any atom is -0.497 e. The molecule has 0 aliphatic heterocycles. The summed E-state index contributed by atoms with van der Waals surface area (Å²) in [6, 6.07) is 5.34. The van der Waals surface area contributed by atoms with E-state index in [9.17, 15) is 14.0 Å². The largest absolute Gasteiger partial charge is 0.497 e. The number of primary amides is 1. The first-order chi connectivity index (χ1) is 16.9. The van der Waals surface area contributed by atoms with Gasteiger partial charge >= 0.3 is 6.09 Å². The number of rotatable bonds is 10. The number of nitrogens with two attached hydrogens (primary N) is 1. The van der Waals surface area contributed by atoms with E-state index in [-0.39, 0.29) is 29.2 Å². The van der Waals surface area contributed by atoms with Crippen molar-refractivity contribution in [2.24, 2.45) is 11.7 Å². The molecule has 1 aromatic heterocycles. The number of hydrogen-bond donors (Lipinski definition) is 4. The zero-order chi connectivity index (χ0) is 26.6. The maximum Gasteiger partial charge on any atom is 0.407 e. The van der Waals surface area contributed by atoms with Crippen molar-refractivity contribution in [2.75, 3.05) is 24.9 Å². The van der Waals surface area contributed by atoms with E-state index in [2.05, 4.69) is 20.9 Å². The Balaban J connectivity index is 1.86. The average molecular weight is 504 g/mol. The summed E-state index contributed by atoms with van der Waals surface area (Å²) in [5.41, 5.74) is 5.21. The fraction of sp³-hybridized carbons (Fsp3) is 0.480. The molecule has 2 atom stereocenters. The molecule has 2 aromatic rings. The number of amides is 2. The van der Waals surface area contributed by atoms with Crippen molar-refractivity contribution < 1.29 is 28.2 Å². The number of anilines is 3. The second-order valence-electron chi connectivity index (χ2n) is 9.75. The van der Waals surface area contributed by atoms with E-state index in [4.69, 9.17) is 19.9 Å². The lowest BCUT2D eigenvalue weighted by atomic mass is 10.1. The van der Waals surface area contributed by atoms with Gasteiger partial charge in [0.15, 0.2) is 11.6 Å². The van der Waals surface area contributed by atoms with Gasteiger partial charge in [-0.25, -0.2) is 14.2 Å². The first-order valence-corrected chi connectivity index (χ1v) is 11.7. The Kier molecular flexibility index (Phi) is 8.11. The summed E-state index contributed by atoms with van der Waals surface area (Å²) < 4.78 is 30.9. The van der Waals surface area contributed by atoms with Crippen LogP contribution in [0.25, 0.3) is 0 Å². The molecule has 1 aliphatic carbocycles. The summed E-state index contributed by atoms with van der Waals surface area (Å²) >= 11 is 0. The third-order valence-corrected chi connectivity index (χ3v) is 5.57. The summed E-state index contributed by atoms with van der Waals surface area (Å²) in [4.78, 5) is 28.7. The summed E-state index contributed by atoms with van der Waals surface area (Å²) in [6.45, 7) is 7.18. The first-order valence-electron chi connectivity index (χ1n) is 11.7. The molecular formula is C25H34FN5O5. The summed E-state index contributed by atoms with van der Waals surface area (Å²) in [6.07, 6.45) is 1.33. The lowest BCUT2D eigenvalue weighted by molar-refractivity contribution is 0.0492. The van der Waals surface area contributed by atoms with Gasteiger partial charge in [0, 0.05) is 29.9 Å². The van der Waals surface area contributed by atoms with E-state index in [1.54, 1.807) is 39.0 Å². The first kappa shape index (κ1) is 26.8. The van der Waals surface area contributed by atoms with Gasteiger partial charge in [-0.1, -0.05) is 0 Å².